The van der Waals surface area contributed by atoms with E-state index in [1.165, 1.54) is 0 Å². The van der Waals surface area contributed by atoms with Gasteiger partial charge < -0.3 is 10.1 Å². The molecule has 0 radical (unpaired) electrons. The maximum absolute atomic E-state index is 11.8. The highest BCUT2D eigenvalue weighted by molar-refractivity contribution is 5.92. The van der Waals surface area contributed by atoms with Crippen molar-refractivity contribution in [2.75, 3.05) is 11.9 Å². The van der Waals surface area contributed by atoms with Crippen LogP contribution in [0.25, 0.3) is 0 Å². The Bertz CT molecular complexity index is 674. The number of anilines is 1. The van der Waals surface area contributed by atoms with Crippen molar-refractivity contribution in [2.24, 2.45) is 0 Å². The fourth-order valence-electron chi connectivity index (χ4n) is 1.87. The van der Waals surface area contributed by atoms with Crippen LogP contribution in [-0.4, -0.2) is 12.5 Å². The summed E-state index contributed by atoms with van der Waals surface area (Å²) in [5.74, 6) is 0.419. The van der Waals surface area contributed by atoms with Crippen molar-refractivity contribution in [3.05, 3.63) is 59.7 Å². The molecule has 2 rings (SSSR count). The van der Waals surface area contributed by atoms with E-state index in [2.05, 4.69) is 12.2 Å². The number of carbonyl (C=O) groups excluding carboxylic acids is 1. The van der Waals surface area contributed by atoms with E-state index in [-0.39, 0.29) is 12.5 Å². The van der Waals surface area contributed by atoms with Crippen LogP contribution in [0.3, 0.4) is 0 Å². The van der Waals surface area contributed by atoms with E-state index in [1.54, 1.807) is 24.3 Å². The van der Waals surface area contributed by atoms with Crippen LogP contribution in [0, 0.1) is 11.3 Å². The van der Waals surface area contributed by atoms with Crippen LogP contribution in [0.15, 0.2) is 48.5 Å². The summed E-state index contributed by atoms with van der Waals surface area (Å²) in [5.41, 5.74) is 2.25. The summed E-state index contributed by atoms with van der Waals surface area (Å²) in [7, 11) is 0. The molecule has 0 heterocycles. The molecule has 0 fully saturated rings. The molecule has 0 aromatic heterocycles. The third kappa shape index (κ3) is 4.36. The van der Waals surface area contributed by atoms with Gasteiger partial charge >= 0.3 is 0 Å². The number of carbonyl (C=O) groups is 1. The number of aryl methyl sites for hydroxylation is 1. The molecule has 106 valence electrons. The lowest BCUT2D eigenvalue weighted by Crippen LogP contribution is -2.20. The number of nitrogens with one attached hydrogen (secondary N) is 1. The summed E-state index contributed by atoms with van der Waals surface area (Å²) in [6, 6.07) is 16.4. The summed E-state index contributed by atoms with van der Waals surface area (Å²) in [5, 5.41) is 11.5. The van der Waals surface area contributed by atoms with Crippen molar-refractivity contribution in [2.45, 2.75) is 13.3 Å². The second-order valence-electron chi connectivity index (χ2n) is 4.53. The molecule has 0 saturated carbocycles. The lowest BCUT2D eigenvalue weighted by Gasteiger charge is -2.08. The molecule has 1 amide bonds. The SMILES string of the molecule is CCc1cccc(OCC(=O)Nc2cccc(C#N)c2)c1. The molecule has 4 heteroatoms. The van der Waals surface area contributed by atoms with E-state index < -0.39 is 0 Å². The number of rotatable bonds is 5. The quantitative estimate of drug-likeness (QED) is 0.915. The molecule has 0 bridgehead atoms. The lowest BCUT2D eigenvalue weighted by molar-refractivity contribution is -0.118. The normalized spacial score (nSPS) is 9.71. The Kier molecular flexibility index (Phi) is 4.94. The van der Waals surface area contributed by atoms with Crippen molar-refractivity contribution < 1.29 is 9.53 Å². The topological polar surface area (TPSA) is 62.1 Å². The summed E-state index contributed by atoms with van der Waals surface area (Å²) in [6.07, 6.45) is 0.921. The first-order chi connectivity index (χ1) is 10.2. The zero-order chi connectivity index (χ0) is 15.1. The van der Waals surface area contributed by atoms with Crippen LogP contribution in [0.5, 0.6) is 5.75 Å². The largest absolute Gasteiger partial charge is 0.484 e. The number of nitrogens with zero attached hydrogens (tertiary/aromatic N) is 1. The minimum absolute atomic E-state index is 0.0655. The van der Waals surface area contributed by atoms with Crippen LogP contribution in [0.4, 0.5) is 5.69 Å². The fourth-order valence-corrected chi connectivity index (χ4v) is 1.87. The average molecular weight is 280 g/mol. The molecule has 21 heavy (non-hydrogen) atoms. The van der Waals surface area contributed by atoms with Gasteiger partial charge in [0, 0.05) is 5.69 Å². The van der Waals surface area contributed by atoms with E-state index in [1.807, 2.05) is 30.3 Å². The molecule has 4 nitrogen and oxygen atoms in total. The summed E-state index contributed by atoms with van der Waals surface area (Å²) in [6.45, 7) is 2.00. The third-order valence-corrected chi connectivity index (χ3v) is 2.95. The van der Waals surface area contributed by atoms with Crippen molar-refractivity contribution in [3.8, 4) is 11.8 Å². The molecule has 1 N–H and O–H groups in total. The van der Waals surface area contributed by atoms with E-state index in [0.29, 0.717) is 17.0 Å². The van der Waals surface area contributed by atoms with Crippen LogP contribution < -0.4 is 10.1 Å². The van der Waals surface area contributed by atoms with Gasteiger partial charge in [0.15, 0.2) is 6.61 Å². The first-order valence-corrected chi connectivity index (χ1v) is 6.73. The van der Waals surface area contributed by atoms with Gasteiger partial charge in [-0.2, -0.15) is 5.26 Å². The van der Waals surface area contributed by atoms with Crippen LogP contribution in [-0.2, 0) is 11.2 Å². The van der Waals surface area contributed by atoms with Gasteiger partial charge in [-0.15, -0.1) is 0 Å². The van der Waals surface area contributed by atoms with Gasteiger partial charge in [-0.05, 0) is 42.3 Å². The molecule has 0 atom stereocenters. The van der Waals surface area contributed by atoms with E-state index in [0.717, 1.165) is 12.0 Å². The smallest absolute Gasteiger partial charge is 0.262 e. The van der Waals surface area contributed by atoms with Crippen molar-refractivity contribution in [3.63, 3.8) is 0 Å². The van der Waals surface area contributed by atoms with Gasteiger partial charge in [0.05, 0.1) is 11.6 Å². The maximum Gasteiger partial charge on any atom is 0.262 e. The highest BCUT2D eigenvalue weighted by Gasteiger charge is 2.04. The number of amides is 1. The summed E-state index contributed by atoms with van der Waals surface area (Å²) >= 11 is 0. The first-order valence-electron chi connectivity index (χ1n) is 6.73. The van der Waals surface area contributed by atoms with Gasteiger partial charge in [0.25, 0.3) is 5.91 Å². The number of hydrogen-bond donors (Lipinski definition) is 1. The highest BCUT2D eigenvalue weighted by Crippen LogP contribution is 2.14. The standard InChI is InChI=1S/C17H16N2O2/c1-2-13-5-4-8-16(10-13)21-12-17(20)19-15-7-3-6-14(9-15)11-18/h3-10H,2,12H2,1H3,(H,19,20). The monoisotopic (exact) mass is 280 g/mol. The third-order valence-electron chi connectivity index (χ3n) is 2.95. The Labute approximate surface area is 124 Å². The highest BCUT2D eigenvalue weighted by atomic mass is 16.5. The Hall–Kier alpha value is -2.80. The van der Waals surface area contributed by atoms with Crippen molar-refractivity contribution >= 4 is 11.6 Å². The molecule has 0 spiro atoms. The molecule has 0 aliphatic heterocycles. The molecule has 0 aliphatic rings. The van der Waals surface area contributed by atoms with E-state index in [9.17, 15) is 4.79 Å². The zero-order valence-electron chi connectivity index (χ0n) is 11.8. The molecule has 0 unspecified atom stereocenters. The lowest BCUT2D eigenvalue weighted by atomic mass is 10.2. The molecule has 0 saturated heterocycles. The Morgan fingerprint density at radius 2 is 2.05 bits per heavy atom. The van der Waals surface area contributed by atoms with Gasteiger partial charge in [-0.3, -0.25) is 4.79 Å². The number of ether oxygens (including phenoxy) is 1. The second kappa shape index (κ2) is 7.11. The average Bonchev–Trinajstić information content (AvgIpc) is 2.53. The predicted molar refractivity (Wildman–Crippen MR) is 81.1 cm³/mol. The van der Waals surface area contributed by atoms with E-state index in [4.69, 9.17) is 10.00 Å². The summed E-state index contributed by atoms with van der Waals surface area (Å²) in [4.78, 5) is 11.8. The zero-order valence-corrected chi connectivity index (χ0v) is 11.8. The van der Waals surface area contributed by atoms with Gasteiger partial charge in [0.1, 0.15) is 5.75 Å². The van der Waals surface area contributed by atoms with Crippen LogP contribution >= 0.6 is 0 Å². The Morgan fingerprint density at radius 1 is 1.24 bits per heavy atom. The molecule has 0 aliphatic carbocycles. The minimum atomic E-state index is -0.257. The van der Waals surface area contributed by atoms with Crippen LogP contribution in [0.2, 0.25) is 0 Å². The molecular weight excluding hydrogens is 264 g/mol. The van der Waals surface area contributed by atoms with Crippen molar-refractivity contribution in [1.29, 1.82) is 5.26 Å². The molecule has 2 aromatic carbocycles. The van der Waals surface area contributed by atoms with Crippen molar-refractivity contribution in [1.82, 2.24) is 0 Å². The number of benzene rings is 2. The van der Waals surface area contributed by atoms with Gasteiger partial charge in [-0.25, -0.2) is 0 Å². The predicted octanol–water partition coefficient (Wildman–Crippen LogP) is 3.14. The molecule has 2 aromatic rings. The maximum atomic E-state index is 11.8. The second-order valence-corrected chi connectivity index (χ2v) is 4.53. The first kappa shape index (κ1) is 14.6. The minimum Gasteiger partial charge on any atom is -0.484 e. The number of hydrogen-bond acceptors (Lipinski definition) is 3. The van der Waals surface area contributed by atoms with Gasteiger partial charge in [0.2, 0.25) is 0 Å². The number of nitriles is 1. The van der Waals surface area contributed by atoms with Crippen LogP contribution in [0.1, 0.15) is 18.1 Å². The fraction of sp³-hybridized carbons (Fsp3) is 0.176. The Balaban J connectivity index is 1.91. The van der Waals surface area contributed by atoms with E-state index >= 15 is 0 Å². The summed E-state index contributed by atoms with van der Waals surface area (Å²) < 4.78 is 5.46. The molecular formula is C17H16N2O2. The van der Waals surface area contributed by atoms with Gasteiger partial charge in [-0.1, -0.05) is 25.1 Å². The Morgan fingerprint density at radius 3 is 2.81 bits per heavy atom.